The van der Waals surface area contributed by atoms with Crippen molar-refractivity contribution >= 4 is 0 Å². The molecular weight excluding hydrogens is 350 g/mol. The number of halogens is 2. The van der Waals surface area contributed by atoms with Crippen LogP contribution in [0.3, 0.4) is 0 Å². The van der Waals surface area contributed by atoms with Crippen molar-refractivity contribution in [2.75, 3.05) is 32.7 Å². The highest BCUT2D eigenvalue weighted by Gasteiger charge is 2.24. The van der Waals surface area contributed by atoms with Gasteiger partial charge in [-0.3, -0.25) is 4.90 Å². The molecule has 1 aromatic heterocycles. The van der Waals surface area contributed by atoms with Crippen LogP contribution in [-0.4, -0.2) is 58.4 Å². The van der Waals surface area contributed by atoms with Crippen LogP contribution in [0.25, 0.3) is 11.3 Å². The molecule has 4 rings (SSSR count). The second-order valence-electron chi connectivity index (χ2n) is 7.57. The molecule has 3 heterocycles. The van der Waals surface area contributed by atoms with Crippen LogP contribution in [0.4, 0.5) is 8.78 Å². The van der Waals surface area contributed by atoms with Gasteiger partial charge in [-0.2, -0.15) is 0 Å². The molecule has 0 aliphatic carbocycles. The first-order chi connectivity index (χ1) is 13.1. The lowest BCUT2D eigenvalue weighted by Crippen LogP contribution is -2.30. The van der Waals surface area contributed by atoms with Crippen molar-refractivity contribution in [2.45, 2.75) is 37.8 Å². The Balaban J connectivity index is 1.58. The number of β-amino-alcohol motifs (C(OH)–C–C–N with tert-alkyl or cyclic N) is 1. The lowest BCUT2D eigenvalue weighted by Gasteiger charge is -2.24. The van der Waals surface area contributed by atoms with E-state index in [1.54, 1.807) is 6.07 Å². The molecule has 27 heavy (non-hydrogen) atoms. The van der Waals surface area contributed by atoms with E-state index < -0.39 is 11.6 Å². The first-order valence-corrected chi connectivity index (χ1v) is 9.74. The minimum atomic E-state index is -0.850. The smallest absolute Gasteiger partial charge is 0.159 e. The number of hydrogen-bond donors (Lipinski definition) is 2. The molecule has 0 saturated carbocycles. The second kappa shape index (κ2) is 8.04. The maximum Gasteiger partial charge on any atom is 0.159 e. The summed E-state index contributed by atoms with van der Waals surface area (Å²) < 4.78 is 29.1. The molecule has 7 heteroatoms. The van der Waals surface area contributed by atoms with E-state index in [2.05, 4.69) is 14.8 Å². The fourth-order valence-electron chi connectivity index (χ4n) is 4.07. The highest BCUT2D eigenvalue weighted by Crippen LogP contribution is 2.29. The minimum absolute atomic E-state index is 0.227. The minimum Gasteiger partial charge on any atom is -0.392 e. The molecule has 146 valence electrons. The molecule has 2 saturated heterocycles. The van der Waals surface area contributed by atoms with Crippen LogP contribution >= 0.6 is 0 Å². The Kier molecular flexibility index (Phi) is 5.52. The van der Waals surface area contributed by atoms with Crippen LogP contribution in [0, 0.1) is 11.6 Å². The number of nitrogens with one attached hydrogen (secondary N) is 1. The summed E-state index contributed by atoms with van der Waals surface area (Å²) in [5.74, 6) is -0.300. The van der Waals surface area contributed by atoms with Crippen molar-refractivity contribution in [3.8, 4) is 11.3 Å². The quantitative estimate of drug-likeness (QED) is 0.841. The fraction of sp³-hybridized carbons (Fsp3) is 0.550. The second-order valence-corrected chi connectivity index (χ2v) is 7.57. The number of nitrogens with zero attached hydrogens (tertiary/aromatic N) is 3. The monoisotopic (exact) mass is 376 g/mol. The van der Waals surface area contributed by atoms with Crippen LogP contribution in [0.2, 0.25) is 0 Å². The molecule has 2 aliphatic rings. The van der Waals surface area contributed by atoms with Gasteiger partial charge >= 0.3 is 0 Å². The van der Waals surface area contributed by atoms with E-state index in [4.69, 9.17) is 4.98 Å². The van der Waals surface area contributed by atoms with Crippen molar-refractivity contribution in [1.29, 1.82) is 0 Å². The summed E-state index contributed by atoms with van der Waals surface area (Å²) in [4.78, 5) is 7.07. The van der Waals surface area contributed by atoms with Gasteiger partial charge in [-0.05, 0) is 50.6 Å². The van der Waals surface area contributed by atoms with Crippen molar-refractivity contribution in [1.82, 2.24) is 19.8 Å². The van der Waals surface area contributed by atoms with Gasteiger partial charge in [0.05, 0.1) is 11.8 Å². The van der Waals surface area contributed by atoms with E-state index in [-0.39, 0.29) is 6.10 Å². The van der Waals surface area contributed by atoms with Gasteiger partial charge in [0.25, 0.3) is 0 Å². The molecule has 5 nitrogen and oxygen atoms in total. The van der Waals surface area contributed by atoms with Gasteiger partial charge in [0.1, 0.15) is 5.82 Å². The summed E-state index contributed by atoms with van der Waals surface area (Å²) in [5.41, 5.74) is 1.28. The number of aliphatic hydroxyl groups is 1. The number of piperidine rings is 1. The van der Waals surface area contributed by atoms with Crippen molar-refractivity contribution in [3.05, 3.63) is 41.9 Å². The third-order valence-electron chi connectivity index (χ3n) is 5.63. The number of rotatable bonds is 5. The number of aliphatic hydroxyl groups excluding tert-OH is 1. The lowest BCUT2D eigenvalue weighted by molar-refractivity contribution is 0.175. The molecule has 2 aliphatic heterocycles. The van der Waals surface area contributed by atoms with Crippen LogP contribution in [0.5, 0.6) is 0 Å². The Hall–Kier alpha value is -1.83. The maximum atomic E-state index is 13.7. The van der Waals surface area contributed by atoms with E-state index in [1.165, 1.54) is 6.07 Å². The molecule has 0 radical (unpaired) electrons. The van der Waals surface area contributed by atoms with Crippen LogP contribution < -0.4 is 5.32 Å². The zero-order valence-electron chi connectivity index (χ0n) is 15.4. The molecule has 0 amide bonds. The first-order valence-electron chi connectivity index (χ1n) is 9.74. The van der Waals surface area contributed by atoms with Crippen LogP contribution in [0.1, 0.15) is 31.0 Å². The summed E-state index contributed by atoms with van der Waals surface area (Å²) in [6.45, 7) is 5.19. The van der Waals surface area contributed by atoms with Gasteiger partial charge < -0.3 is 15.0 Å². The van der Waals surface area contributed by atoms with Gasteiger partial charge in [0.2, 0.25) is 0 Å². The Morgan fingerprint density at radius 2 is 1.93 bits per heavy atom. The average molecular weight is 376 g/mol. The van der Waals surface area contributed by atoms with Gasteiger partial charge in [-0.25, -0.2) is 13.8 Å². The number of aromatic nitrogens is 2. The standard InChI is InChI=1S/C20H26F2N4O/c21-17-2-1-15(11-18(17)22)19-13-26(10-9-25-8-5-16(27)12-25)20(24-19)14-3-6-23-7-4-14/h1-2,11,13-14,16,23,27H,3-10,12H2. The number of benzene rings is 1. The Morgan fingerprint density at radius 1 is 1.11 bits per heavy atom. The number of hydrogen-bond acceptors (Lipinski definition) is 4. The summed E-state index contributed by atoms with van der Waals surface area (Å²) in [5, 5.41) is 13.1. The zero-order chi connectivity index (χ0) is 18.8. The summed E-state index contributed by atoms with van der Waals surface area (Å²) in [6, 6.07) is 3.94. The van der Waals surface area contributed by atoms with Gasteiger partial charge in [-0.1, -0.05) is 0 Å². The maximum absolute atomic E-state index is 13.7. The predicted molar refractivity (Wildman–Crippen MR) is 99.5 cm³/mol. The van der Waals surface area contributed by atoms with E-state index in [0.29, 0.717) is 23.7 Å². The molecule has 0 spiro atoms. The molecule has 2 fully saturated rings. The zero-order valence-corrected chi connectivity index (χ0v) is 15.4. The normalized spacial score (nSPS) is 21.8. The molecule has 1 aromatic carbocycles. The first kappa shape index (κ1) is 18.5. The largest absolute Gasteiger partial charge is 0.392 e. The Morgan fingerprint density at radius 3 is 2.63 bits per heavy atom. The van der Waals surface area contributed by atoms with E-state index in [9.17, 15) is 13.9 Å². The highest BCUT2D eigenvalue weighted by molar-refractivity contribution is 5.58. The molecule has 1 atom stereocenters. The lowest BCUT2D eigenvalue weighted by atomic mass is 9.97. The molecule has 1 unspecified atom stereocenters. The van der Waals surface area contributed by atoms with Gasteiger partial charge in [-0.15, -0.1) is 0 Å². The van der Waals surface area contributed by atoms with Crippen molar-refractivity contribution in [2.24, 2.45) is 0 Å². The molecule has 2 aromatic rings. The summed E-state index contributed by atoms with van der Waals surface area (Å²) in [6.07, 6.45) is 4.60. The summed E-state index contributed by atoms with van der Waals surface area (Å²) >= 11 is 0. The highest BCUT2D eigenvalue weighted by atomic mass is 19.2. The predicted octanol–water partition coefficient (Wildman–Crippen LogP) is 2.36. The Labute approximate surface area is 158 Å². The van der Waals surface area contributed by atoms with Crippen molar-refractivity contribution < 1.29 is 13.9 Å². The van der Waals surface area contributed by atoms with Gasteiger partial charge in [0, 0.05) is 43.9 Å². The van der Waals surface area contributed by atoms with E-state index in [1.807, 2.05) is 6.20 Å². The van der Waals surface area contributed by atoms with Crippen LogP contribution in [0.15, 0.2) is 24.4 Å². The number of likely N-dealkylation sites (tertiary alicyclic amines) is 1. The van der Waals surface area contributed by atoms with Crippen LogP contribution in [-0.2, 0) is 6.54 Å². The fourth-order valence-corrected chi connectivity index (χ4v) is 4.07. The van der Waals surface area contributed by atoms with Gasteiger partial charge in [0.15, 0.2) is 11.6 Å². The average Bonchev–Trinajstić information content (AvgIpc) is 3.29. The number of imidazole rings is 1. The third-order valence-corrected chi connectivity index (χ3v) is 5.63. The molecular formula is C20H26F2N4O. The van der Waals surface area contributed by atoms with E-state index >= 15 is 0 Å². The van der Waals surface area contributed by atoms with E-state index in [0.717, 1.165) is 63.9 Å². The SMILES string of the molecule is OC1CCN(CCn2cc(-c3ccc(F)c(F)c3)nc2C2CCNCC2)C1. The molecule has 2 N–H and O–H groups in total. The third kappa shape index (κ3) is 4.20. The summed E-state index contributed by atoms with van der Waals surface area (Å²) in [7, 11) is 0. The Bertz CT molecular complexity index is 788. The topological polar surface area (TPSA) is 53.3 Å². The van der Waals surface area contributed by atoms with Crippen molar-refractivity contribution in [3.63, 3.8) is 0 Å². The molecule has 0 bridgehead atoms.